The number of carbonyl (C=O) groups excluding carboxylic acids is 1. The van der Waals surface area contributed by atoms with Gasteiger partial charge in [-0.25, -0.2) is 4.68 Å². The van der Waals surface area contributed by atoms with Crippen LogP contribution in [0.5, 0.6) is 0 Å². The molecule has 0 amide bonds. The van der Waals surface area contributed by atoms with Gasteiger partial charge in [0.25, 0.3) is 11.2 Å². The molecule has 0 unspecified atom stereocenters. The van der Waals surface area contributed by atoms with Crippen LogP contribution in [-0.2, 0) is 6.54 Å². The van der Waals surface area contributed by atoms with E-state index in [1.807, 2.05) is 0 Å². The summed E-state index contributed by atoms with van der Waals surface area (Å²) in [6, 6.07) is 7.27. The molecular formula is C14H13N3O4. The summed E-state index contributed by atoms with van der Waals surface area (Å²) in [5.74, 6) is -0.250. The van der Waals surface area contributed by atoms with Crippen LogP contribution in [0.2, 0.25) is 0 Å². The van der Waals surface area contributed by atoms with Crippen molar-refractivity contribution in [2.24, 2.45) is 0 Å². The molecule has 21 heavy (non-hydrogen) atoms. The summed E-state index contributed by atoms with van der Waals surface area (Å²) in [4.78, 5) is 33.5. The van der Waals surface area contributed by atoms with Crippen molar-refractivity contribution < 1.29 is 9.72 Å². The Hall–Kier alpha value is -2.83. The number of rotatable bonds is 4. The molecule has 1 aromatic heterocycles. The monoisotopic (exact) mass is 287 g/mol. The third kappa shape index (κ3) is 3.02. The van der Waals surface area contributed by atoms with Crippen LogP contribution < -0.4 is 5.56 Å². The van der Waals surface area contributed by atoms with Crippen LogP contribution in [0.15, 0.2) is 35.1 Å². The van der Waals surface area contributed by atoms with Gasteiger partial charge in [0.1, 0.15) is 5.69 Å². The van der Waals surface area contributed by atoms with Gasteiger partial charge in [0.15, 0.2) is 5.78 Å². The second-order valence-electron chi connectivity index (χ2n) is 4.59. The highest BCUT2D eigenvalue weighted by molar-refractivity contribution is 5.91. The summed E-state index contributed by atoms with van der Waals surface area (Å²) in [5.41, 5.74) is 0.885. The number of Topliss-reactive ketones (excluding diaryl/α,β-unsaturated/α-hetero) is 1. The zero-order valence-corrected chi connectivity index (χ0v) is 11.6. The van der Waals surface area contributed by atoms with Crippen molar-refractivity contribution in [1.29, 1.82) is 0 Å². The maximum absolute atomic E-state index is 11.8. The lowest BCUT2D eigenvalue weighted by Crippen LogP contribution is -2.24. The van der Waals surface area contributed by atoms with Gasteiger partial charge in [-0.15, -0.1) is 0 Å². The van der Waals surface area contributed by atoms with E-state index in [-0.39, 0.29) is 29.3 Å². The third-order valence-electron chi connectivity index (χ3n) is 3.16. The number of nitro benzene ring substituents is 1. The lowest BCUT2D eigenvalue weighted by atomic mass is 10.1. The highest BCUT2D eigenvalue weighted by atomic mass is 16.6. The van der Waals surface area contributed by atoms with Crippen LogP contribution in [0.4, 0.5) is 5.69 Å². The Morgan fingerprint density at radius 1 is 1.33 bits per heavy atom. The predicted octanol–water partition coefficient (Wildman–Crippen LogP) is 1.71. The quantitative estimate of drug-likeness (QED) is 0.484. The lowest BCUT2D eigenvalue weighted by molar-refractivity contribution is -0.385. The number of carbonyl (C=O) groups is 1. The van der Waals surface area contributed by atoms with E-state index in [9.17, 15) is 19.7 Å². The number of nitro groups is 1. The summed E-state index contributed by atoms with van der Waals surface area (Å²) < 4.78 is 1.13. The van der Waals surface area contributed by atoms with Crippen molar-refractivity contribution in [2.75, 3.05) is 0 Å². The van der Waals surface area contributed by atoms with E-state index in [2.05, 4.69) is 5.10 Å². The molecule has 0 radical (unpaired) electrons. The number of benzene rings is 1. The van der Waals surface area contributed by atoms with Crippen LogP contribution >= 0.6 is 0 Å². The van der Waals surface area contributed by atoms with Crippen LogP contribution in [0.3, 0.4) is 0 Å². The largest absolute Gasteiger partial charge is 0.293 e. The average molecular weight is 287 g/mol. The molecule has 0 aliphatic heterocycles. The Labute approximate surface area is 120 Å². The Balaban J connectivity index is 2.46. The van der Waals surface area contributed by atoms with Crippen molar-refractivity contribution in [3.05, 3.63) is 67.6 Å². The Morgan fingerprint density at radius 2 is 2.05 bits per heavy atom. The molecule has 0 saturated heterocycles. The molecule has 0 aliphatic rings. The van der Waals surface area contributed by atoms with Crippen molar-refractivity contribution in [1.82, 2.24) is 9.78 Å². The van der Waals surface area contributed by atoms with E-state index in [0.29, 0.717) is 11.1 Å². The minimum atomic E-state index is -0.471. The fraction of sp³-hybridized carbons (Fsp3) is 0.214. The normalized spacial score (nSPS) is 10.4. The van der Waals surface area contributed by atoms with E-state index in [4.69, 9.17) is 0 Å². The van der Waals surface area contributed by atoms with Gasteiger partial charge >= 0.3 is 0 Å². The standard InChI is InChI=1S/C14H13N3O4/c1-9-11(4-3-5-13(9)17(20)21)8-16-14(19)7-6-12(15-16)10(2)18/h3-7H,8H2,1-2H3. The van der Waals surface area contributed by atoms with Gasteiger partial charge in [0.05, 0.1) is 11.5 Å². The zero-order valence-electron chi connectivity index (χ0n) is 11.6. The Morgan fingerprint density at radius 3 is 2.67 bits per heavy atom. The van der Waals surface area contributed by atoms with E-state index in [1.165, 1.54) is 25.1 Å². The molecule has 2 aromatic rings. The fourth-order valence-corrected chi connectivity index (χ4v) is 1.95. The molecule has 0 bridgehead atoms. The molecule has 7 heteroatoms. The molecule has 0 aliphatic carbocycles. The second kappa shape index (κ2) is 5.66. The molecule has 7 nitrogen and oxygen atoms in total. The first kappa shape index (κ1) is 14.6. The van der Waals surface area contributed by atoms with E-state index < -0.39 is 4.92 Å². The topological polar surface area (TPSA) is 95.1 Å². The molecule has 1 heterocycles. The van der Waals surface area contributed by atoms with Crippen molar-refractivity contribution >= 4 is 11.5 Å². The highest BCUT2D eigenvalue weighted by Crippen LogP contribution is 2.21. The number of hydrogen-bond acceptors (Lipinski definition) is 5. The van der Waals surface area contributed by atoms with Crippen LogP contribution in [0.25, 0.3) is 0 Å². The first-order chi connectivity index (χ1) is 9.90. The summed E-state index contributed by atoms with van der Waals surface area (Å²) in [7, 11) is 0. The number of aromatic nitrogens is 2. The SMILES string of the molecule is CC(=O)c1ccc(=O)n(Cc2cccc([N+](=O)[O-])c2C)n1. The number of hydrogen-bond donors (Lipinski definition) is 0. The molecule has 0 fully saturated rings. The first-order valence-electron chi connectivity index (χ1n) is 6.22. The molecule has 1 aromatic carbocycles. The summed E-state index contributed by atoms with van der Waals surface area (Å²) >= 11 is 0. The molecular weight excluding hydrogens is 274 g/mol. The number of ketones is 1. The summed E-state index contributed by atoms with van der Waals surface area (Å²) in [6.07, 6.45) is 0. The van der Waals surface area contributed by atoms with E-state index in [0.717, 1.165) is 4.68 Å². The van der Waals surface area contributed by atoms with Crippen LogP contribution in [-0.4, -0.2) is 20.5 Å². The maximum Gasteiger partial charge on any atom is 0.272 e. The first-order valence-corrected chi connectivity index (χ1v) is 6.22. The molecule has 108 valence electrons. The summed E-state index contributed by atoms with van der Waals surface area (Å²) in [6.45, 7) is 3.05. The molecule has 0 saturated carbocycles. The van der Waals surface area contributed by atoms with Crippen LogP contribution in [0.1, 0.15) is 28.5 Å². The predicted molar refractivity (Wildman–Crippen MR) is 75.4 cm³/mol. The van der Waals surface area contributed by atoms with E-state index >= 15 is 0 Å². The minimum absolute atomic E-state index is 0.0109. The third-order valence-corrected chi connectivity index (χ3v) is 3.16. The molecule has 0 N–H and O–H groups in total. The average Bonchev–Trinajstić information content (AvgIpc) is 2.42. The lowest BCUT2D eigenvalue weighted by Gasteiger charge is -2.08. The van der Waals surface area contributed by atoms with Gasteiger partial charge in [0, 0.05) is 24.6 Å². The van der Waals surface area contributed by atoms with E-state index in [1.54, 1.807) is 19.1 Å². The van der Waals surface area contributed by atoms with Gasteiger partial charge in [-0.1, -0.05) is 12.1 Å². The van der Waals surface area contributed by atoms with Gasteiger partial charge in [-0.05, 0) is 18.6 Å². The number of nitrogens with zero attached hydrogens (tertiary/aromatic N) is 3. The smallest absolute Gasteiger partial charge is 0.272 e. The molecule has 0 atom stereocenters. The fourth-order valence-electron chi connectivity index (χ4n) is 1.95. The van der Waals surface area contributed by atoms with Crippen LogP contribution in [0, 0.1) is 17.0 Å². The maximum atomic E-state index is 11.8. The van der Waals surface area contributed by atoms with Gasteiger partial charge < -0.3 is 0 Å². The van der Waals surface area contributed by atoms with Crippen molar-refractivity contribution in [3.63, 3.8) is 0 Å². The Kier molecular flexibility index (Phi) is 3.93. The minimum Gasteiger partial charge on any atom is -0.293 e. The molecule has 2 rings (SSSR count). The zero-order chi connectivity index (χ0) is 15.6. The van der Waals surface area contributed by atoms with Gasteiger partial charge in [-0.2, -0.15) is 5.10 Å². The highest BCUT2D eigenvalue weighted by Gasteiger charge is 2.14. The van der Waals surface area contributed by atoms with Crippen molar-refractivity contribution in [3.8, 4) is 0 Å². The Bertz CT molecular complexity index is 780. The second-order valence-corrected chi connectivity index (χ2v) is 4.59. The summed E-state index contributed by atoms with van der Waals surface area (Å²) in [5, 5.41) is 14.9. The van der Waals surface area contributed by atoms with Crippen molar-refractivity contribution in [2.45, 2.75) is 20.4 Å². The van der Waals surface area contributed by atoms with Gasteiger partial charge in [0.2, 0.25) is 0 Å². The molecule has 0 spiro atoms. The van der Waals surface area contributed by atoms with Gasteiger partial charge in [-0.3, -0.25) is 19.7 Å².